The summed E-state index contributed by atoms with van der Waals surface area (Å²) in [6, 6.07) is 5.24. The fourth-order valence-electron chi connectivity index (χ4n) is 1.98. The Kier molecular flexibility index (Phi) is 5.41. The summed E-state index contributed by atoms with van der Waals surface area (Å²) >= 11 is 3.34. The summed E-state index contributed by atoms with van der Waals surface area (Å²) < 4.78 is 21.5. The summed E-state index contributed by atoms with van der Waals surface area (Å²) in [4.78, 5) is 12.2. The molecule has 6 nitrogen and oxygen atoms in total. The zero-order valence-corrected chi connectivity index (χ0v) is 13.7. The number of fused-ring (bicyclic) bond motifs is 1. The van der Waals surface area contributed by atoms with Gasteiger partial charge in [0.15, 0.2) is 6.61 Å². The minimum absolute atomic E-state index is 0.0887. The maximum Gasteiger partial charge on any atom is 0.342 e. The van der Waals surface area contributed by atoms with Crippen LogP contribution in [0.4, 0.5) is 0 Å². The van der Waals surface area contributed by atoms with E-state index in [-0.39, 0.29) is 13.2 Å². The highest BCUT2D eigenvalue weighted by Gasteiger charge is 2.21. The number of carbonyl (C=O) groups is 1. The zero-order valence-electron chi connectivity index (χ0n) is 12.1. The number of carbonyl (C=O) groups excluding carboxylic acids is 1. The molecule has 1 heterocycles. The van der Waals surface area contributed by atoms with Crippen molar-refractivity contribution in [1.82, 2.24) is 0 Å². The van der Waals surface area contributed by atoms with Crippen LogP contribution < -0.4 is 4.74 Å². The Morgan fingerprint density at radius 1 is 1.41 bits per heavy atom. The van der Waals surface area contributed by atoms with Gasteiger partial charge in [-0.05, 0) is 35.0 Å². The van der Waals surface area contributed by atoms with Crippen LogP contribution in [0.5, 0.6) is 5.75 Å². The Morgan fingerprint density at radius 2 is 2.18 bits per heavy atom. The van der Waals surface area contributed by atoms with E-state index in [2.05, 4.69) is 15.9 Å². The average Bonchev–Trinajstić information content (AvgIpc) is 2.79. The lowest BCUT2D eigenvalue weighted by atomic mass is 10.1. The molecule has 0 saturated heterocycles. The van der Waals surface area contributed by atoms with Crippen LogP contribution in [-0.2, 0) is 9.47 Å². The molecule has 0 aliphatic rings. The molecule has 1 aromatic carbocycles. The molecule has 0 aliphatic carbocycles. The van der Waals surface area contributed by atoms with Crippen LogP contribution in [0.25, 0.3) is 11.0 Å². The highest BCUT2D eigenvalue weighted by atomic mass is 79.9. The summed E-state index contributed by atoms with van der Waals surface area (Å²) in [6.45, 7) is 2.09. The molecule has 0 fully saturated rings. The molecule has 0 N–H and O–H groups in total. The number of nitrogens with zero attached hydrogens (tertiary/aromatic N) is 1. The minimum Gasteiger partial charge on any atom is -0.478 e. The SMILES string of the molecule is COCCOC(=O)c1c(C)oc2cc(Br)c(OCC#N)cc12. The van der Waals surface area contributed by atoms with Crippen molar-refractivity contribution in [2.75, 3.05) is 26.9 Å². The number of hydrogen-bond acceptors (Lipinski definition) is 6. The first-order valence-corrected chi connectivity index (χ1v) is 7.26. The van der Waals surface area contributed by atoms with E-state index in [4.69, 9.17) is 23.9 Å². The van der Waals surface area contributed by atoms with E-state index >= 15 is 0 Å². The molecule has 22 heavy (non-hydrogen) atoms. The normalized spacial score (nSPS) is 10.5. The maximum atomic E-state index is 12.2. The lowest BCUT2D eigenvalue weighted by Crippen LogP contribution is -2.10. The lowest BCUT2D eigenvalue weighted by Gasteiger charge is -2.06. The molecule has 0 saturated carbocycles. The molecule has 116 valence electrons. The first-order chi connectivity index (χ1) is 10.6. The quantitative estimate of drug-likeness (QED) is 0.575. The number of nitriles is 1. The predicted molar refractivity (Wildman–Crippen MR) is 81.9 cm³/mol. The molecule has 0 bridgehead atoms. The van der Waals surface area contributed by atoms with Gasteiger partial charge in [-0.25, -0.2) is 4.79 Å². The number of esters is 1. The topological polar surface area (TPSA) is 81.7 Å². The van der Waals surface area contributed by atoms with Gasteiger partial charge in [0.25, 0.3) is 0 Å². The van der Waals surface area contributed by atoms with Crippen LogP contribution in [0.3, 0.4) is 0 Å². The number of ether oxygens (including phenoxy) is 3. The van der Waals surface area contributed by atoms with Crippen molar-refractivity contribution in [1.29, 1.82) is 5.26 Å². The van der Waals surface area contributed by atoms with Crippen molar-refractivity contribution in [3.63, 3.8) is 0 Å². The highest BCUT2D eigenvalue weighted by Crippen LogP contribution is 2.35. The largest absolute Gasteiger partial charge is 0.478 e. The van der Waals surface area contributed by atoms with Crippen LogP contribution in [0, 0.1) is 18.3 Å². The number of rotatable bonds is 6. The molecule has 2 aromatic rings. The fourth-order valence-corrected chi connectivity index (χ4v) is 2.42. The van der Waals surface area contributed by atoms with Gasteiger partial charge in [0.05, 0.1) is 11.1 Å². The minimum atomic E-state index is -0.484. The van der Waals surface area contributed by atoms with Gasteiger partial charge in [-0.1, -0.05) is 0 Å². The third-order valence-electron chi connectivity index (χ3n) is 2.94. The van der Waals surface area contributed by atoms with Gasteiger partial charge in [-0.2, -0.15) is 5.26 Å². The monoisotopic (exact) mass is 367 g/mol. The van der Waals surface area contributed by atoms with E-state index in [1.165, 1.54) is 7.11 Å². The van der Waals surface area contributed by atoms with Crippen LogP contribution in [0.1, 0.15) is 16.1 Å². The molecule has 2 rings (SSSR count). The molecule has 0 unspecified atom stereocenters. The van der Waals surface area contributed by atoms with Gasteiger partial charge in [0.2, 0.25) is 0 Å². The summed E-state index contributed by atoms with van der Waals surface area (Å²) in [7, 11) is 1.53. The summed E-state index contributed by atoms with van der Waals surface area (Å²) in [5, 5.41) is 9.18. The number of hydrogen-bond donors (Lipinski definition) is 0. The van der Waals surface area contributed by atoms with E-state index < -0.39 is 5.97 Å². The van der Waals surface area contributed by atoms with E-state index in [0.29, 0.717) is 39.1 Å². The van der Waals surface area contributed by atoms with Crippen LogP contribution >= 0.6 is 15.9 Å². The molecule has 0 aliphatic heterocycles. The fraction of sp³-hybridized carbons (Fsp3) is 0.333. The number of methoxy groups -OCH3 is 1. The second-order valence-corrected chi connectivity index (χ2v) is 5.24. The number of furan rings is 1. The Hall–Kier alpha value is -2.04. The predicted octanol–water partition coefficient (Wildman–Crippen LogP) is 3.21. The van der Waals surface area contributed by atoms with E-state index in [0.717, 1.165) is 0 Å². The van der Waals surface area contributed by atoms with E-state index in [1.807, 2.05) is 6.07 Å². The van der Waals surface area contributed by atoms with Gasteiger partial charge in [0, 0.05) is 12.5 Å². The van der Waals surface area contributed by atoms with Gasteiger partial charge in [-0.15, -0.1) is 0 Å². The third kappa shape index (κ3) is 3.40. The number of aryl methyl sites for hydroxylation is 1. The summed E-state index contributed by atoms with van der Waals surface area (Å²) in [5.74, 6) is 0.435. The van der Waals surface area contributed by atoms with Crippen LogP contribution in [0.15, 0.2) is 21.0 Å². The van der Waals surface area contributed by atoms with E-state index in [1.54, 1.807) is 19.1 Å². The Balaban J connectivity index is 2.39. The first kappa shape index (κ1) is 16.3. The van der Waals surface area contributed by atoms with Gasteiger partial charge in [0.1, 0.15) is 35.3 Å². The molecule has 1 aromatic heterocycles. The number of halogens is 1. The van der Waals surface area contributed by atoms with Crippen molar-refractivity contribution in [3.05, 3.63) is 27.9 Å². The first-order valence-electron chi connectivity index (χ1n) is 6.47. The van der Waals surface area contributed by atoms with Crippen molar-refractivity contribution in [2.24, 2.45) is 0 Å². The molecular weight excluding hydrogens is 354 g/mol. The molecular formula is C15H14BrNO5. The molecule has 0 atom stereocenters. The second-order valence-electron chi connectivity index (χ2n) is 4.39. The smallest absolute Gasteiger partial charge is 0.342 e. The second kappa shape index (κ2) is 7.29. The summed E-state index contributed by atoms with van der Waals surface area (Å²) in [5.41, 5.74) is 0.882. The standard InChI is InChI=1S/C15H14BrNO5/c1-9-14(15(18)21-6-5-19-2)10-7-13(20-4-3-17)11(16)8-12(10)22-9/h7-8H,4-6H2,1-2H3. The van der Waals surface area contributed by atoms with Gasteiger partial charge < -0.3 is 18.6 Å². The van der Waals surface area contributed by atoms with Crippen molar-refractivity contribution < 1.29 is 23.4 Å². The average molecular weight is 368 g/mol. The van der Waals surface area contributed by atoms with Crippen LogP contribution in [-0.4, -0.2) is 32.9 Å². The van der Waals surface area contributed by atoms with E-state index in [9.17, 15) is 4.79 Å². The third-order valence-corrected chi connectivity index (χ3v) is 3.56. The lowest BCUT2D eigenvalue weighted by molar-refractivity contribution is 0.0388. The highest BCUT2D eigenvalue weighted by molar-refractivity contribution is 9.10. The van der Waals surface area contributed by atoms with Crippen molar-refractivity contribution in [2.45, 2.75) is 6.92 Å². The molecule has 0 amide bonds. The van der Waals surface area contributed by atoms with Crippen LogP contribution in [0.2, 0.25) is 0 Å². The zero-order chi connectivity index (χ0) is 16.1. The molecule has 7 heteroatoms. The Morgan fingerprint density at radius 3 is 2.86 bits per heavy atom. The Labute approximate surface area is 135 Å². The van der Waals surface area contributed by atoms with Crippen molar-refractivity contribution in [3.8, 4) is 11.8 Å². The Bertz CT molecular complexity index is 732. The van der Waals surface area contributed by atoms with Gasteiger partial charge in [-0.3, -0.25) is 0 Å². The summed E-state index contributed by atoms with van der Waals surface area (Å²) in [6.07, 6.45) is 0. The van der Waals surface area contributed by atoms with Crippen molar-refractivity contribution >= 4 is 32.9 Å². The number of benzene rings is 1. The maximum absolute atomic E-state index is 12.2. The van der Waals surface area contributed by atoms with Gasteiger partial charge >= 0.3 is 5.97 Å². The molecule has 0 spiro atoms. The molecule has 0 radical (unpaired) electrons.